The van der Waals surface area contributed by atoms with Crippen LogP contribution < -0.4 is 10.2 Å². The summed E-state index contributed by atoms with van der Waals surface area (Å²) in [5, 5.41) is 2.98. The van der Waals surface area contributed by atoms with E-state index in [9.17, 15) is 4.79 Å². The van der Waals surface area contributed by atoms with Gasteiger partial charge in [-0.15, -0.1) is 0 Å². The first-order valence-electron chi connectivity index (χ1n) is 9.48. The summed E-state index contributed by atoms with van der Waals surface area (Å²) in [6.07, 6.45) is 6.62. The summed E-state index contributed by atoms with van der Waals surface area (Å²) in [5.74, 6) is 0.961. The maximum absolute atomic E-state index is 12.6. The van der Waals surface area contributed by atoms with Gasteiger partial charge in [0.25, 0.3) is 5.91 Å². The molecule has 142 valence electrons. The van der Waals surface area contributed by atoms with Crippen LogP contribution in [0, 0.1) is 6.92 Å². The topological polar surface area (TPSA) is 62.5 Å². The van der Waals surface area contributed by atoms with Crippen molar-refractivity contribution < 1.29 is 4.79 Å². The Morgan fingerprint density at radius 1 is 1.26 bits per heavy atom. The van der Waals surface area contributed by atoms with Crippen molar-refractivity contribution in [1.82, 2.24) is 19.7 Å². The lowest BCUT2D eigenvalue weighted by Crippen LogP contribution is -2.26. The van der Waals surface area contributed by atoms with Gasteiger partial charge in [-0.05, 0) is 37.6 Å². The standard InChI is InChI=1S/C21H27N5O/c1-4-5-14-25(3)21-16(2)24-19-10-9-17(15-26(19)21)20(27)23-13-11-18-8-6-7-12-22-18/h6-10,12,15H,4-5,11,13-14H2,1-3H3,(H,23,27). The smallest absolute Gasteiger partial charge is 0.252 e. The molecule has 0 saturated carbocycles. The number of nitrogens with zero attached hydrogens (tertiary/aromatic N) is 4. The first-order chi connectivity index (χ1) is 13.1. The number of unbranched alkanes of at least 4 members (excludes halogenated alkanes) is 1. The van der Waals surface area contributed by atoms with Crippen LogP contribution in [0.2, 0.25) is 0 Å². The quantitative estimate of drug-likeness (QED) is 0.666. The van der Waals surface area contributed by atoms with Gasteiger partial charge in [0.15, 0.2) is 0 Å². The molecule has 27 heavy (non-hydrogen) atoms. The zero-order valence-corrected chi connectivity index (χ0v) is 16.3. The van der Waals surface area contributed by atoms with E-state index in [1.165, 1.54) is 0 Å². The van der Waals surface area contributed by atoms with Crippen molar-refractivity contribution in [2.24, 2.45) is 0 Å². The van der Waals surface area contributed by atoms with Crippen LogP contribution >= 0.6 is 0 Å². The number of hydrogen-bond acceptors (Lipinski definition) is 4. The zero-order chi connectivity index (χ0) is 19.2. The Balaban J connectivity index is 1.73. The van der Waals surface area contributed by atoms with E-state index in [1.807, 2.05) is 47.9 Å². The van der Waals surface area contributed by atoms with Crippen molar-refractivity contribution in [1.29, 1.82) is 0 Å². The highest BCUT2D eigenvalue weighted by Gasteiger charge is 2.15. The Morgan fingerprint density at radius 3 is 2.85 bits per heavy atom. The predicted octanol–water partition coefficient (Wildman–Crippen LogP) is 3.25. The third-order valence-electron chi connectivity index (χ3n) is 4.62. The van der Waals surface area contributed by atoms with Gasteiger partial charge in [-0.25, -0.2) is 4.98 Å². The monoisotopic (exact) mass is 365 g/mol. The number of nitrogens with one attached hydrogen (secondary N) is 1. The Kier molecular flexibility index (Phi) is 6.06. The highest BCUT2D eigenvalue weighted by molar-refractivity contribution is 5.94. The van der Waals surface area contributed by atoms with Crippen molar-refractivity contribution in [3.05, 3.63) is 59.7 Å². The fourth-order valence-electron chi connectivity index (χ4n) is 3.20. The Labute approximate surface area is 160 Å². The van der Waals surface area contributed by atoms with Crippen molar-refractivity contribution in [2.75, 3.05) is 25.0 Å². The molecule has 6 nitrogen and oxygen atoms in total. The van der Waals surface area contributed by atoms with Gasteiger partial charge in [0.2, 0.25) is 0 Å². The molecular formula is C21H27N5O. The lowest BCUT2D eigenvalue weighted by atomic mass is 10.2. The van der Waals surface area contributed by atoms with Gasteiger partial charge in [0.05, 0.1) is 11.3 Å². The molecule has 0 aliphatic heterocycles. The van der Waals surface area contributed by atoms with Crippen molar-refractivity contribution in [2.45, 2.75) is 33.1 Å². The average molecular weight is 365 g/mol. The van der Waals surface area contributed by atoms with Crippen LogP contribution in [-0.4, -0.2) is 40.4 Å². The fourth-order valence-corrected chi connectivity index (χ4v) is 3.20. The summed E-state index contributed by atoms with van der Waals surface area (Å²) >= 11 is 0. The summed E-state index contributed by atoms with van der Waals surface area (Å²) in [6, 6.07) is 9.53. The summed E-state index contributed by atoms with van der Waals surface area (Å²) < 4.78 is 2.01. The molecule has 0 radical (unpaired) electrons. The van der Waals surface area contributed by atoms with Crippen LogP contribution in [-0.2, 0) is 6.42 Å². The molecule has 3 heterocycles. The molecule has 1 N–H and O–H groups in total. The van der Waals surface area contributed by atoms with E-state index in [-0.39, 0.29) is 5.91 Å². The molecule has 3 aromatic heterocycles. The molecule has 0 aliphatic carbocycles. The van der Waals surface area contributed by atoms with E-state index in [2.05, 4.69) is 34.2 Å². The van der Waals surface area contributed by atoms with Crippen LogP contribution in [0.1, 0.15) is 41.5 Å². The number of pyridine rings is 2. The van der Waals surface area contributed by atoms with Crippen LogP contribution in [0.25, 0.3) is 5.65 Å². The third-order valence-corrected chi connectivity index (χ3v) is 4.62. The van der Waals surface area contributed by atoms with E-state index in [0.717, 1.165) is 42.2 Å². The van der Waals surface area contributed by atoms with E-state index in [4.69, 9.17) is 0 Å². The number of hydrogen-bond donors (Lipinski definition) is 1. The fraction of sp³-hybridized carbons (Fsp3) is 0.381. The molecule has 3 aromatic rings. The second kappa shape index (κ2) is 8.66. The lowest BCUT2D eigenvalue weighted by Gasteiger charge is -2.19. The highest BCUT2D eigenvalue weighted by atomic mass is 16.1. The van der Waals surface area contributed by atoms with Crippen LogP contribution in [0.15, 0.2) is 42.7 Å². The van der Waals surface area contributed by atoms with Gasteiger partial charge in [-0.2, -0.15) is 0 Å². The summed E-state index contributed by atoms with van der Waals surface area (Å²) in [7, 11) is 2.08. The number of anilines is 1. The Bertz CT molecular complexity index is 904. The lowest BCUT2D eigenvalue weighted by molar-refractivity contribution is 0.0953. The molecule has 0 aliphatic rings. The maximum atomic E-state index is 12.6. The molecule has 0 aromatic carbocycles. The minimum absolute atomic E-state index is 0.0821. The van der Waals surface area contributed by atoms with E-state index in [0.29, 0.717) is 18.5 Å². The number of aryl methyl sites for hydroxylation is 1. The van der Waals surface area contributed by atoms with Gasteiger partial charge < -0.3 is 10.2 Å². The van der Waals surface area contributed by atoms with E-state index < -0.39 is 0 Å². The summed E-state index contributed by atoms with van der Waals surface area (Å²) in [5.41, 5.74) is 3.43. The van der Waals surface area contributed by atoms with Gasteiger partial charge in [-0.3, -0.25) is 14.2 Å². The van der Waals surface area contributed by atoms with Gasteiger partial charge in [-0.1, -0.05) is 19.4 Å². The van der Waals surface area contributed by atoms with Crippen LogP contribution in [0.3, 0.4) is 0 Å². The second-order valence-corrected chi connectivity index (χ2v) is 6.77. The normalized spacial score (nSPS) is 10.9. The number of aromatic nitrogens is 3. The van der Waals surface area contributed by atoms with Crippen molar-refractivity contribution in [3.63, 3.8) is 0 Å². The molecule has 0 atom stereocenters. The molecule has 0 saturated heterocycles. The van der Waals surface area contributed by atoms with Crippen molar-refractivity contribution >= 4 is 17.4 Å². The second-order valence-electron chi connectivity index (χ2n) is 6.77. The predicted molar refractivity (Wildman–Crippen MR) is 108 cm³/mol. The molecule has 6 heteroatoms. The third kappa shape index (κ3) is 4.45. The zero-order valence-electron chi connectivity index (χ0n) is 16.3. The van der Waals surface area contributed by atoms with E-state index in [1.54, 1.807) is 6.20 Å². The van der Waals surface area contributed by atoms with E-state index >= 15 is 0 Å². The number of imidazole rings is 1. The molecule has 0 unspecified atom stereocenters. The number of amides is 1. The number of carbonyl (C=O) groups is 1. The van der Waals surface area contributed by atoms with Gasteiger partial charge in [0.1, 0.15) is 11.5 Å². The maximum Gasteiger partial charge on any atom is 0.252 e. The van der Waals surface area contributed by atoms with Crippen LogP contribution in [0.5, 0.6) is 0 Å². The first-order valence-corrected chi connectivity index (χ1v) is 9.48. The minimum Gasteiger partial charge on any atom is -0.359 e. The molecule has 0 bridgehead atoms. The number of rotatable bonds is 8. The highest BCUT2D eigenvalue weighted by Crippen LogP contribution is 2.22. The minimum atomic E-state index is -0.0821. The average Bonchev–Trinajstić information content (AvgIpc) is 3.01. The molecule has 3 rings (SSSR count). The largest absolute Gasteiger partial charge is 0.359 e. The molecule has 0 fully saturated rings. The molecule has 0 spiro atoms. The van der Waals surface area contributed by atoms with Crippen molar-refractivity contribution in [3.8, 4) is 0 Å². The number of carbonyl (C=O) groups excluding carboxylic acids is 1. The summed E-state index contributed by atoms with van der Waals surface area (Å²) in [4.78, 5) is 23.7. The number of fused-ring (bicyclic) bond motifs is 1. The Hall–Kier alpha value is -2.89. The SMILES string of the molecule is CCCCN(C)c1c(C)nc2ccc(C(=O)NCCc3ccccn3)cn12. The molecule has 1 amide bonds. The van der Waals surface area contributed by atoms with Gasteiger partial charge in [0, 0.05) is 44.6 Å². The first kappa shape index (κ1) is 18.9. The Morgan fingerprint density at radius 2 is 2.11 bits per heavy atom. The summed E-state index contributed by atoms with van der Waals surface area (Å²) in [6.45, 7) is 5.71. The van der Waals surface area contributed by atoms with Gasteiger partial charge >= 0.3 is 0 Å². The van der Waals surface area contributed by atoms with Crippen LogP contribution in [0.4, 0.5) is 5.82 Å². The molecular weight excluding hydrogens is 338 g/mol.